The summed E-state index contributed by atoms with van der Waals surface area (Å²) in [6.07, 6.45) is 2.06. The van der Waals surface area contributed by atoms with E-state index in [4.69, 9.17) is 9.47 Å². The van der Waals surface area contributed by atoms with E-state index in [1.807, 2.05) is 18.5 Å². The van der Waals surface area contributed by atoms with Crippen LogP contribution in [-0.2, 0) is 11.2 Å². The molecule has 2 heterocycles. The van der Waals surface area contributed by atoms with Crippen molar-refractivity contribution in [3.05, 3.63) is 71.0 Å². The zero-order valence-electron chi connectivity index (χ0n) is 21.4. The highest BCUT2D eigenvalue weighted by molar-refractivity contribution is 5.95. The number of carbonyl (C=O) groups excluding carboxylic acids is 2. The third kappa shape index (κ3) is 5.87. The Kier molecular flexibility index (Phi) is 7.93. The summed E-state index contributed by atoms with van der Waals surface area (Å²) in [5.74, 6) is 1.06. The molecule has 2 amide bonds. The van der Waals surface area contributed by atoms with Gasteiger partial charge in [0.1, 0.15) is 11.5 Å². The number of aromatic nitrogens is 2. The van der Waals surface area contributed by atoms with Crippen molar-refractivity contribution >= 4 is 11.8 Å². The maximum absolute atomic E-state index is 13.0. The Morgan fingerprint density at radius 3 is 2.17 bits per heavy atom. The van der Waals surface area contributed by atoms with Crippen LogP contribution in [-0.4, -0.2) is 60.3 Å². The predicted molar refractivity (Wildman–Crippen MR) is 138 cm³/mol. The number of carbonyl (C=O) groups is 2. The van der Waals surface area contributed by atoms with E-state index in [0.29, 0.717) is 49.5 Å². The van der Waals surface area contributed by atoms with Crippen molar-refractivity contribution in [2.45, 2.75) is 33.1 Å². The number of ether oxygens (including phenoxy) is 2. The van der Waals surface area contributed by atoms with Gasteiger partial charge in [-0.25, -0.2) is 4.68 Å². The SMILES string of the molecule is COc1cc(OC)cc(C(=O)N2CCC(C(=O)NCCc3ccc(-n4nc(C)cc4C)cc3)CC2)c1. The van der Waals surface area contributed by atoms with E-state index in [0.717, 1.165) is 29.1 Å². The van der Waals surface area contributed by atoms with Crippen molar-refractivity contribution in [2.75, 3.05) is 33.9 Å². The summed E-state index contributed by atoms with van der Waals surface area (Å²) in [6, 6.07) is 15.5. The molecule has 1 fully saturated rings. The smallest absolute Gasteiger partial charge is 0.254 e. The maximum Gasteiger partial charge on any atom is 0.254 e. The summed E-state index contributed by atoms with van der Waals surface area (Å²) in [5, 5.41) is 7.59. The van der Waals surface area contributed by atoms with Crippen LogP contribution in [0, 0.1) is 19.8 Å². The lowest BCUT2D eigenvalue weighted by Gasteiger charge is -2.31. The molecule has 1 aliphatic rings. The van der Waals surface area contributed by atoms with E-state index >= 15 is 0 Å². The first-order valence-corrected chi connectivity index (χ1v) is 12.3. The highest BCUT2D eigenvalue weighted by Gasteiger charge is 2.28. The van der Waals surface area contributed by atoms with Crippen molar-refractivity contribution in [3.8, 4) is 17.2 Å². The summed E-state index contributed by atoms with van der Waals surface area (Å²) in [4.78, 5) is 27.5. The number of rotatable bonds is 8. The summed E-state index contributed by atoms with van der Waals surface area (Å²) >= 11 is 0. The van der Waals surface area contributed by atoms with Gasteiger partial charge in [0.05, 0.1) is 25.6 Å². The molecule has 36 heavy (non-hydrogen) atoms. The van der Waals surface area contributed by atoms with Gasteiger partial charge < -0.3 is 19.7 Å². The predicted octanol–water partition coefficient (Wildman–Crippen LogP) is 3.72. The number of piperidine rings is 1. The summed E-state index contributed by atoms with van der Waals surface area (Å²) in [7, 11) is 3.12. The summed E-state index contributed by atoms with van der Waals surface area (Å²) < 4.78 is 12.5. The minimum atomic E-state index is -0.0812. The van der Waals surface area contributed by atoms with Crippen molar-refractivity contribution < 1.29 is 19.1 Å². The average molecular weight is 491 g/mol. The Morgan fingerprint density at radius 2 is 1.61 bits per heavy atom. The van der Waals surface area contributed by atoms with Gasteiger partial charge in [0, 0.05) is 42.9 Å². The van der Waals surface area contributed by atoms with Crippen LogP contribution < -0.4 is 14.8 Å². The molecule has 0 bridgehead atoms. The van der Waals surface area contributed by atoms with E-state index in [1.54, 1.807) is 37.3 Å². The monoisotopic (exact) mass is 490 g/mol. The van der Waals surface area contributed by atoms with Crippen LogP contribution in [0.4, 0.5) is 0 Å². The van der Waals surface area contributed by atoms with Gasteiger partial charge in [-0.05, 0) is 69.0 Å². The standard InChI is InChI=1S/C28H34N4O4/c1-19-15-20(2)32(30-19)24-7-5-21(6-8-24)9-12-29-27(33)22-10-13-31(14-11-22)28(34)23-16-25(35-3)18-26(17-23)36-4/h5-8,15-18,22H,9-14H2,1-4H3,(H,29,33). The average Bonchev–Trinajstić information content (AvgIpc) is 3.25. The first-order valence-electron chi connectivity index (χ1n) is 12.3. The van der Waals surface area contributed by atoms with Gasteiger partial charge in [0.15, 0.2) is 0 Å². The zero-order valence-corrected chi connectivity index (χ0v) is 21.4. The van der Waals surface area contributed by atoms with Gasteiger partial charge in [0.25, 0.3) is 5.91 Å². The van der Waals surface area contributed by atoms with Crippen molar-refractivity contribution in [1.29, 1.82) is 0 Å². The summed E-state index contributed by atoms with van der Waals surface area (Å²) in [5.41, 5.74) is 4.81. The molecule has 1 N–H and O–H groups in total. The lowest BCUT2D eigenvalue weighted by molar-refractivity contribution is -0.126. The number of aryl methyl sites for hydroxylation is 2. The molecule has 0 radical (unpaired) electrons. The third-order valence-electron chi connectivity index (χ3n) is 6.65. The van der Waals surface area contributed by atoms with Crippen LogP contribution in [0.3, 0.4) is 0 Å². The Labute approximate surface area is 212 Å². The van der Waals surface area contributed by atoms with Crippen LogP contribution in [0.1, 0.15) is 40.2 Å². The van der Waals surface area contributed by atoms with E-state index in [-0.39, 0.29) is 17.7 Å². The summed E-state index contributed by atoms with van der Waals surface area (Å²) in [6.45, 7) is 5.70. The van der Waals surface area contributed by atoms with E-state index in [2.05, 4.69) is 40.7 Å². The van der Waals surface area contributed by atoms with Gasteiger partial charge >= 0.3 is 0 Å². The van der Waals surface area contributed by atoms with E-state index in [9.17, 15) is 9.59 Å². The number of nitrogens with one attached hydrogen (secondary N) is 1. The fourth-order valence-corrected chi connectivity index (χ4v) is 4.63. The zero-order chi connectivity index (χ0) is 25.7. The highest BCUT2D eigenvalue weighted by Crippen LogP contribution is 2.25. The quantitative estimate of drug-likeness (QED) is 0.520. The lowest BCUT2D eigenvalue weighted by Crippen LogP contribution is -2.43. The number of benzene rings is 2. The molecule has 0 spiro atoms. The molecule has 4 rings (SSSR count). The molecule has 2 aromatic carbocycles. The number of hydrogen-bond acceptors (Lipinski definition) is 5. The first-order chi connectivity index (χ1) is 17.4. The van der Waals surface area contributed by atoms with Gasteiger partial charge in [0.2, 0.25) is 5.91 Å². The Hall–Kier alpha value is -3.81. The lowest BCUT2D eigenvalue weighted by atomic mass is 9.95. The molecule has 1 aromatic heterocycles. The van der Waals surface area contributed by atoms with Gasteiger partial charge in [-0.2, -0.15) is 5.10 Å². The van der Waals surface area contributed by atoms with Crippen molar-refractivity contribution in [2.24, 2.45) is 5.92 Å². The number of likely N-dealkylation sites (tertiary alicyclic amines) is 1. The fraction of sp³-hybridized carbons (Fsp3) is 0.393. The topological polar surface area (TPSA) is 85.7 Å². The van der Waals surface area contributed by atoms with Crippen LogP contribution in [0.25, 0.3) is 5.69 Å². The second-order valence-electron chi connectivity index (χ2n) is 9.21. The second-order valence-corrected chi connectivity index (χ2v) is 9.21. The molecule has 1 saturated heterocycles. The molecule has 190 valence electrons. The highest BCUT2D eigenvalue weighted by atomic mass is 16.5. The maximum atomic E-state index is 13.0. The molecule has 8 nitrogen and oxygen atoms in total. The van der Waals surface area contributed by atoms with Gasteiger partial charge in [-0.3, -0.25) is 9.59 Å². The van der Waals surface area contributed by atoms with Crippen LogP contribution in [0.15, 0.2) is 48.5 Å². The van der Waals surface area contributed by atoms with Crippen molar-refractivity contribution in [3.63, 3.8) is 0 Å². The molecule has 0 unspecified atom stereocenters. The molecule has 0 aliphatic carbocycles. The van der Waals surface area contributed by atoms with Crippen LogP contribution >= 0.6 is 0 Å². The van der Waals surface area contributed by atoms with E-state index < -0.39 is 0 Å². The van der Waals surface area contributed by atoms with Crippen molar-refractivity contribution in [1.82, 2.24) is 20.0 Å². The van der Waals surface area contributed by atoms with Gasteiger partial charge in [-0.15, -0.1) is 0 Å². The van der Waals surface area contributed by atoms with Crippen LogP contribution in [0.2, 0.25) is 0 Å². The van der Waals surface area contributed by atoms with Crippen LogP contribution in [0.5, 0.6) is 11.5 Å². The second kappa shape index (κ2) is 11.3. The minimum Gasteiger partial charge on any atom is -0.497 e. The number of methoxy groups -OCH3 is 2. The Bertz CT molecular complexity index is 1190. The number of hydrogen-bond donors (Lipinski definition) is 1. The third-order valence-corrected chi connectivity index (χ3v) is 6.65. The minimum absolute atomic E-state index is 0.0596. The molecular formula is C28H34N4O4. The van der Waals surface area contributed by atoms with Gasteiger partial charge in [-0.1, -0.05) is 12.1 Å². The number of amides is 2. The normalized spacial score (nSPS) is 13.9. The molecule has 8 heteroatoms. The molecular weight excluding hydrogens is 456 g/mol. The molecule has 3 aromatic rings. The largest absolute Gasteiger partial charge is 0.497 e. The molecule has 0 saturated carbocycles. The Balaban J connectivity index is 1.24. The Morgan fingerprint density at radius 1 is 0.972 bits per heavy atom. The van der Waals surface area contributed by atoms with E-state index in [1.165, 1.54) is 0 Å². The number of nitrogens with zero attached hydrogens (tertiary/aromatic N) is 3. The first kappa shape index (κ1) is 25.3. The molecule has 1 aliphatic heterocycles. The molecule has 0 atom stereocenters. The fourth-order valence-electron chi connectivity index (χ4n) is 4.63.